The van der Waals surface area contributed by atoms with Crippen molar-refractivity contribution in [1.82, 2.24) is 0 Å². The average molecular weight is 457 g/mol. The van der Waals surface area contributed by atoms with Gasteiger partial charge in [0.15, 0.2) is 11.5 Å². The van der Waals surface area contributed by atoms with E-state index in [-0.39, 0.29) is 34.1 Å². The van der Waals surface area contributed by atoms with Crippen molar-refractivity contribution in [2.45, 2.75) is 4.90 Å². The number of carbonyl (C=O) groups excluding carboxylic acids is 2. The summed E-state index contributed by atoms with van der Waals surface area (Å²) < 4.78 is 67.3. The van der Waals surface area contributed by atoms with Crippen LogP contribution >= 0.6 is 0 Å². The highest BCUT2D eigenvalue weighted by molar-refractivity contribution is 7.92. The lowest BCUT2D eigenvalue weighted by atomic mass is 10.1. The van der Waals surface area contributed by atoms with Crippen LogP contribution in [-0.2, 0) is 19.5 Å². The molecule has 0 radical (unpaired) electrons. The van der Waals surface area contributed by atoms with Gasteiger partial charge < -0.3 is 23.7 Å². The highest BCUT2D eigenvalue weighted by Crippen LogP contribution is 2.46. The van der Waals surface area contributed by atoms with Crippen molar-refractivity contribution in [3.63, 3.8) is 0 Å². The Labute approximate surface area is 177 Å². The second kappa shape index (κ2) is 9.51. The maximum atomic E-state index is 14.4. The quantitative estimate of drug-likeness (QED) is 0.594. The Hall–Kier alpha value is -3.54. The number of hydrogen-bond donors (Lipinski definition) is 1. The summed E-state index contributed by atoms with van der Waals surface area (Å²) in [6.45, 7) is 0. The number of nitrogens with one attached hydrogen (secondary N) is 1. The lowest BCUT2D eigenvalue weighted by molar-refractivity contribution is 0.0592. The number of hydrogen-bond acceptors (Lipinski definition) is 9. The molecular weight excluding hydrogens is 437 g/mol. The fourth-order valence-corrected chi connectivity index (χ4v) is 3.86. The number of benzene rings is 2. The van der Waals surface area contributed by atoms with Crippen molar-refractivity contribution < 1.29 is 46.1 Å². The summed E-state index contributed by atoms with van der Waals surface area (Å²) in [7, 11) is 1.29. The largest absolute Gasteiger partial charge is 0.493 e. The number of sulfonamides is 1. The van der Waals surface area contributed by atoms with Gasteiger partial charge >= 0.3 is 11.9 Å². The molecule has 0 aromatic heterocycles. The van der Waals surface area contributed by atoms with Gasteiger partial charge in [-0.15, -0.1) is 0 Å². The van der Waals surface area contributed by atoms with Crippen molar-refractivity contribution in [3.05, 3.63) is 41.2 Å². The third-order valence-corrected chi connectivity index (χ3v) is 5.48. The lowest BCUT2D eigenvalue weighted by Crippen LogP contribution is -2.19. The zero-order chi connectivity index (χ0) is 23.3. The van der Waals surface area contributed by atoms with Gasteiger partial charge in [-0.05, 0) is 18.2 Å². The van der Waals surface area contributed by atoms with Crippen LogP contribution in [0.4, 0.5) is 10.1 Å². The Morgan fingerprint density at radius 1 is 0.871 bits per heavy atom. The van der Waals surface area contributed by atoms with Crippen LogP contribution in [0.25, 0.3) is 0 Å². The van der Waals surface area contributed by atoms with E-state index in [1.807, 2.05) is 0 Å². The molecule has 0 spiro atoms. The highest BCUT2D eigenvalue weighted by atomic mass is 32.2. The van der Waals surface area contributed by atoms with E-state index in [0.29, 0.717) is 0 Å². The van der Waals surface area contributed by atoms with Crippen LogP contribution in [0.2, 0.25) is 0 Å². The molecule has 31 heavy (non-hydrogen) atoms. The minimum atomic E-state index is -4.67. The molecule has 0 aliphatic rings. The summed E-state index contributed by atoms with van der Waals surface area (Å²) in [4.78, 5) is 23.2. The average Bonchev–Trinajstić information content (AvgIpc) is 2.77. The fraction of sp³-hybridized carbons (Fsp3) is 0.263. The molecule has 0 aliphatic carbocycles. The molecule has 0 unspecified atom stereocenters. The molecule has 10 nitrogen and oxygen atoms in total. The molecule has 0 atom stereocenters. The second-order valence-electron chi connectivity index (χ2n) is 5.80. The molecule has 2 rings (SSSR count). The van der Waals surface area contributed by atoms with Crippen LogP contribution < -0.4 is 18.9 Å². The summed E-state index contributed by atoms with van der Waals surface area (Å²) in [6, 6.07) is 3.84. The third-order valence-electron chi connectivity index (χ3n) is 4.11. The molecule has 12 heteroatoms. The van der Waals surface area contributed by atoms with Gasteiger partial charge in [0.2, 0.25) is 5.75 Å². The Bertz CT molecular complexity index is 1120. The Balaban J connectivity index is 2.74. The molecule has 2 aromatic rings. The number of ether oxygens (including phenoxy) is 5. The predicted molar refractivity (Wildman–Crippen MR) is 106 cm³/mol. The number of esters is 2. The summed E-state index contributed by atoms with van der Waals surface area (Å²) in [5, 5.41) is 0. The van der Waals surface area contributed by atoms with Crippen LogP contribution in [0.3, 0.4) is 0 Å². The molecule has 1 N–H and O–H groups in total. The monoisotopic (exact) mass is 457 g/mol. The summed E-state index contributed by atoms with van der Waals surface area (Å²) in [5.74, 6) is -3.12. The first-order valence-electron chi connectivity index (χ1n) is 8.47. The van der Waals surface area contributed by atoms with E-state index in [2.05, 4.69) is 9.46 Å². The smallest absolute Gasteiger partial charge is 0.340 e. The van der Waals surface area contributed by atoms with Gasteiger partial charge in [-0.2, -0.15) is 0 Å². The van der Waals surface area contributed by atoms with E-state index in [0.717, 1.165) is 32.4 Å². The minimum Gasteiger partial charge on any atom is -0.493 e. The lowest BCUT2D eigenvalue weighted by Gasteiger charge is -2.20. The normalized spacial score (nSPS) is 10.8. The van der Waals surface area contributed by atoms with Crippen LogP contribution in [0.1, 0.15) is 20.7 Å². The van der Waals surface area contributed by atoms with E-state index in [4.69, 9.17) is 18.9 Å². The van der Waals surface area contributed by atoms with Gasteiger partial charge in [0.1, 0.15) is 16.4 Å². The fourth-order valence-electron chi connectivity index (χ4n) is 2.67. The zero-order valence-electron chi connectivity index (χ0n) is 17.3. The van der Waals surface area contributed by atoms with Gasteiger partial charge in [0.25, 0.3) is 10.0 Å². The van der Waals surface area contributed by atoms with Gasteiger partial charge in [-0.1, -0.05) is 0 Å². The molecule has 0 heterocycles. The first kappa shape index (κ1) is 23.7. The first-order chi connectivity index (χ1) is 14.6. The molecule has 168 valence electrons. The number of rotatable bonds is 8. The molecule has 2 aromatic carbocycles. The van der Waals surface area contributed by atoms with Gasteiger partial charge in [-0.3, -0.25) is 4.72 Å². The van der Waals surface area contributed by atoms with E-state index in [9.17, 15) is 22.4 Å². The molecule has 0 fully saturated rings. The summed E-state index contributed by atoms with van der Waals surface area (Å²) in [6.07, 6.45) is 0. The van der Waals surface area contributed by atoms with Crippen molar-refractivity contribution in [1.29, 1.82) is 0 Å². The summed E-state index contributed by atoms with van der Waals surface area (Å²) >= 11 is 0. The summed E-state index contributed by atoms with van der Waals surface area (Å²) in [5.41, 5.74) is -0.864. The van der Waals surface area contributed by atoms with Crippen LogP contribution in [-0.4, -0.2) is 55.9 Å². The van der Waals surface area contributed by atoms with E-state index >= 15 is 0 Å². The van der Waals surface area contributed by atoms with Crippen molar-refractivity contribution in [2.75, 3.05) is 40.3 Å². The highest BCUT2D eigenvalue weighted by Gasteiger charge is 2.30. The number of methoxy groups -OCH3 is 5. The van der Waals surface area contributed by atoms with Gasteiger partial charge in [-0.25, -0.2) is 22.4 Å². The van der Waals surface area contributed by atoms with E-state index in [1.165, 1.54) is 27.4 Å². The SMILES string of the molecule is COC(=O)c1ccc(F)c(S(=O)(=O)Nc2c(C(=O)OC)cc(OC)c(OC)c2OC)c1. The molecular formula is C19H20FNO9S. The minimum absolute atomic E-state index is 0.0286. The number of halogens is 1. The number of anilines is 1. The Morgan fingerprint density at radius 2 is 1.48 bits per heavy atom. The molecule has 0 amide bonds. The van der Waals surface area contributed by atoms with E-state index < -0.39 is 32.7 Å². The van der Waals surface area contributed by atoms with Gasteiger partial charge in [0, 0.05) is 6.07 Å². The van der Waals surface area contributed by atoms with Crippen LogP contribution in [0, 0.1) is 5.82 Å². The number of carbonyl (C=O) groups is 2. The molecule has 0 saturated heterocycles. The second-order valence-corrected chi connectivity index (χ2v) is 7.45. The van der Waals surface area contributed by atoms with Gasteiger partial charge in [0.05, 0.1) is 46.7 Å². The Morgan fingerprint density at radius 3 is 2.00 bits per heavy atom. The molecule has 0 saturated carbocycles. The van der Waals surface area contributed by atoms with Crippen molar-refractivity contribution in [3.8, 4) is 17.2 Å². The molecule has 0 aliphatic heterocycles. The van der Waals surface area contributed by atoms with Crippen LogP contribution in [0.5, 0.6) is 17.2 Å². The standard InChI is InChI=1S/C19H20FNO9S/c1-26-13-9-11(19(23)30-5)15(17(28-3)16(13)27-2)21-31(24,25)14-8-10(18(22)29-4)6-7-12(14)20/h6-9,21H,1-5H3. The van der Waals surface area contributed by atoms with E-state index in [1.54, 1.807) is 0 Å². The van der Waals surface area contributed by atoms with Crippen LogP contribution in [0.15, 0.2) is 29.2 Å². The first-order valence-corrected chi connectivity index (χ1v) is 9.95. The molecule has 0 bridgehead atoms. The maximum absolute atomic E-state index is 14.4. The predicted octanol–water partition coefficient (Wildman–Crippen LogP) is 2.23. The topological polar surface area (TPSA) is 126 Å². The maximum Gasteiger partial charge on any atom is 0.340 e. The zero-order valence-corrected chi connectivity index (χ0v) is 18.1. The third kappa shape index (κ3) is 4.63. The Kier molecular flexibility index (Phi) is 7.28. The van der Waals surface area contributed by atoms with Crippen molar-refractivity contribution >= 4 is 27.6 Å². The van der Waals surface area contributed by atoms with Crippen molar-refractivity contribution in [2.24, 2.45) is 0 Å².